The molecule has 2 heterocycles. The second kappa shape index (κ2) is 7.76. The van der Waals surface area contributed by atoms with E-state index in [1.807, 2.05) is 19.1 Å². The first-order valence-corrected chi connectivity index (χ1v) is 9.34. The van der Waals surface area contributed by atoms with Gasteiger partial charge in [0.15, 0.2) is 0 Å². The maximum absolute atomic E-state index is 13.8. The number of nitrogens with zero attached hydrogens (tertiary/aromatic N) is 3. The van der Waals surface area contributed by atoms with Crippen LogP contribution in [0.5, 0.6) is 0 Å². The van der Waals surface area contributed by atoms with Crippen LogP contribution in [0.25, 0.3) is 0 Å². The van der Waals surface area contributed by atoms with Gasteiger partial charge in [-0.25, -0.2) is 14.4 Å². The molecule has 1 aliphatic rings. The summed E-state index contributed by atoms with van der Waals surface area (Å²) < 4.78 is 13.8. The number of anilines is 2. The lowest BCUT2D eigenvalue weighted by Gasteiger charge is -2.29. The summed E-state index contributed by atoms with van der Waals surface area (Å²) in [6.45, 7) is 2.75. The van der Waals surface area contributed by atoms with E-state index in [-0.39, 0.29) is 24.0 Å². The van der Waals surface area contributed by atoms with Crippen LogP contribution in [0.4, 0.5) is 16.0 Å². The van der Waals surface area contributed by atoms with Crippen LogP contribution in [0.2, 0.25) is 0 Å². The smallest absolute Gasteiger partial charge is 0.270 e. The van der Waals surface area contributed by atoms with Crippen LogP contribution in [0.3, 0.4) is 0 Å². The van der Waals surface area contributed by atoms with Gasteiger partial charge < -0.3 is 10.2 Å². The number of aromatic nitrogens is 2. The molecular weight excluding hydrogens is 355 g/mol. The number of nitrogens with one attached hydrogen (secondary N) is 1. The summed E-state index contributed by atoms with van der Waals surface area (Å²) >= 11 is 0. The summed E-state index contributed by atoms with van der Waals surface area (Å²) in [5, 5.41) is 2.74. The number of carbonyl (C=O) groups excluding carboxylic acids is 1. The third kappa shape index (κ3) is 3.71. The highest BCUT2D eigenvalue weighted by Gasteiger charge is 2.21. The van der Waals surface area contributed by atoms with Crippen molar-refractivity contribution in [2.75, 3.05) is 11.4 Å². The molecule has 142 valence electrons. The summed E-state index contributed by atoms with van der Waals surface area (Å²) in [6.07, 6.45) is 2.03. The Labute approximate surface area is 163 Å². The van der Waals surface area contributed by atoms with Gasteiger partial charge in [0.25, 0.3) is 5.91 Å². The maximum atomic E-state index is 13.8. The molecule has 3 aromatic rings. The molecule has 0 saturated carbocycles. The summed E-state index contributed by atoms with van der Waals surface area (Å²) in [5.41, 5.74) is 3.76. The molecule has 1 amide bonds. The van der Waals surface area contributed by atoms with Crippen LogP contribution in [-0.2, 0) is 13.0 Å². The molecule has 1 N–H and O–H groups in total. The van der Waals surface area contributed by atoms with Crippen LogP contribution < -0.4 is 10.2 Å². The molecule has 0 bridgehead atoms. The Balaban J connectivity index is 1.58. The minimum absolute atomic E-state index is 0.108. The molecule has 6 heteroatoms. The number of fused-ring (bicyclic) bond motifs is 1. The number of carbonyl (C=O) groups is 1. The molecule has 0 radical (unpaired) electrons. The summed E-state index contributed by atoms with van der Waals surface area (Å²) in [4.78, 5) is 23.7. The first kappa shape index (κ1) is 18.1. The Morgan fingerprint density at radius 3 is 2.79 bits per heavy atom. The number of halogens is 1. The van der Waals surface area contributed by atoms with Gasteiger partial charge in [-0.3, -0.25) is 4.79 Å². The van der Waals surface area contributed by atoms with Crippen LogP contribution in [0, 0.1) is 12.7 Å². The zero-order valence-electron chi connectivity index (χ0n) is 15.7. The molecule has 0 unspecified atom stereocenters. The van der Waals surface area contributed by atoms with E-state index in [1.54, 1.807) is 24.3 Å². The molecule has 0 saturated heterocycles. The third-order valence-corrected chi connectivity index (χ3v) is 4.82. The predicted molar refractivity (Wildman–Crippen MR) is 106 cm³/mol. The fourth-order valence-electron chi connectivity index (χ4n) is 3.44. The van der Waals surface area contributed by atoms with E-state index >= 15 is 0 Å². The van der Waals surface area contributed by atoms with Crippen molar-refractivity contribution < 1.29 is 9.18 Å². The normalized spacial score (nSPS) is 13.1. The number of amides is 1. The van der Waals surface area contributed by atoms with Crippen molar-refractivity contribution in [1.29, 1.82) is 0 Å². The van der Waals surface area contributed by atoms with Crippen molar-refractivity contribution >= 4 is 17.5 Å². The minimum Gasteiger partial charge on any atom is -0.347 e. The minimum atomic E-state index is -0.347. The molecule has 0 aliphatic carbocycles. The monoisotopic (exact) mass is 376 g/mol. The van der Waals surface area contributed by atoms with E-state index in [9.17, 15) is 9.18 Å². The van der Waals surface area contributed by atoms with Crippen molar-refractivity contribution in [3.63, 3.8) is 0 Å². The van der Waals surface area contributed by atoms with Crippen molar-refractivity contribution in [2.24, 2.45) is 0 Å². The average molecular weight is 376 g/mol. The van der Waals surface area contributed by atoms with Gasteiger partial charge in [-0.05, 0) is 43.5 Å². The van der Waals surface area contributed by atoms with Crippen molar-refractivity contribution in [3.8, 4) is 0 Å². The predicted octanol–water partition coefficient (Wildman–Crippen LogP) is 3.94. The molecule has 1 aliphatic heterocycles. The zero-order chi connectivity index (χ0) is 19.5. The van der Waals surface area contributed by atoms with Gasteiger partial charge in [-0.15, -0.1) is 0 Å². The first-order chi connectivity index (χ1) is 13.6. The Hall–Kier alpha value is -3.28. The molecule has 2 aromatic carbocycles. The third-order valence-electron chi connectivity index (χ3n) is 4.82. The number of hydrogen-bond acceptors (Lipinski definition) is 4. The zero-order valence-corrected chi connectivity index (χ0v) is 15.7. The quantitative estimate of drug-likeness (QED) is 0.749. The van der Waals surface area contributed by atoms with Gasteiger partial charge in [-0.2, -0.15) is 0 Å². The number of hydrogen-bond donors (Lipinski definition) is 1. The highest BCUT2D eigenvalue weighted by Crippen LogP contribution is 2.31. The standard InChI is InChI=1S/C22H21FN4O/c1-15-13-19(21(28)24-14-17-8-2-4-10-18(17)23)26-22(25-15)27-12-6-9-16-7-3-5-11-20(16)27/h2-5,7-8,10-11,13H,6,9,12,14H2,1H3,(H,24,28). The Bertz CT molecular complexity index is 1020. The van der Waals surface area contributed by atoms with Gasteiger partial charge in [0.1, 0.15) is 11.5 Å². The molecular formula is C22H21FN4O. The van der Waals surface area contributed by atoms with Gasteiger partial charge in [0, 0.05) is 30.0 Å². The second-order valence-corrected chi connectivity index (χ2v) is 6.85. The number of benzene rings is 2. The maximum Gasteiger partial charge on any atom is 0.270 e. The molecule has 5 nitrogen and oxygen atoms in total. The fraction of sp³-hybridized carbons (Fsp3) is 0.227. The Morgan fingerprint density at radius 1 is 1.14 bits per heavy atom. The molecule has 1 aromatic heterocycles. The molecule has 28 heavy (non-hydrogen) atoms. The van der Waals surface area contributed by atoms with Gasteiger partial charge in [0.2, 0.25) is 5.95 Å². The van der Waals surface area contributed by atoms with E-state index in [0.29, 0.717) is 17.2 Å². The Kier molecular flexibility index (Phi) is 5.02. The SMILES string of the molecule is Cc1cc(C(=O)NCc2ccccc2F)nc(N2CCCc3ccccc32)n1. The summed E-state index contributed by atoms with van der Waals surface area (Å²) in [7, 11) is 0. The molecule has 0 fully saturated rings. The largest absolute Gasteiger partial charge is 0.347 e. The summed E-state index contributed by atoms with van der Waals surface area (Å²) in [5.74, 6) is -0.171. The van der Waals surface area contributed by atoms with Crippen molar-refractivity contribution in [2.45, 2.75) is 26.3 Å². The van der Waals surface area contributed by atoms with Gasteiger partial charge in [0.05, 0.1) is 0 Å². The number of para-hydroxylation sites is 1. The highest BCUT2D eigenvalue weighted by molar-refractivity contribution is 5.92. The second-order valence-electron chi connectivity index (χ2n) is 6.85. The molecule has 0 spiro atoms. The lowest BCUT2D eigenvalue weighted by Crippen LogP contribution is -2.29. The van der Waals surface area contributed by atoms with Crippen molar-refractivity contribution in [1.82, 2.24) is 15.3 Å². The van der Waals surface area contributed by atoms with E-state index in [4.69, 9.17) is 0 Å². The molecule has 0 atom stereocenters. The summed E-state index contributed by atoms with van der Waals surface area (Å²) in [6, 6.07) is 16.2. The average Bonchev–Trinajstić information content (AvgIpc) is 2.72. The van der Waals surface area contributed by atoms with Gasteiger partial charge >= 0.3 is 0 Å². The number of aryl methyl sites for hydroxylation is 2. The lowest BCUT2D eigenvalue weighted by atomic mass is 10.0. The van der Waals surface area contributed by atoms with Crippen LogP contribution in [-0.4, -0.2) is 22.4 Å². The van der Waals surface area contributed by atoms with Crippen LogP contribution >= 0.6 is 0 Å². The van der Waals surface area contributed by atoms with Crippen molar-refractivity contribution in [3.05, 3.63) is 82.9 Å². The van der Waals surface area contributed by atoms with E-state index in [0.717, 1.165) is 25.1 Å². The van der Waals surface area contributed by atoms with Gasteiger partial charge in [-0.1, -0.05) is 36.4 Å². The van der Waals surface area contributed by atoms with Crippen LogP contribution in [0.1, 0.15) is 33.7 Å². The first-order valence-electron chi connectivity index (χ1n) is 9.34. The van der Waals surface area contributed by atoms with E-state index < -0.39 is 0 Å². The van der Waals surface area contributed by atoms with E-state index in [2.05, 4.69) is 32.3 Å². The highest BCUT2D eigenvalue weighted by atomic mass is 19.1. The lowest BCUT2D eigenvalue weighted by molar-refractivity contribution is 0.0945. The molecule has 4 rings (SSSR count). The number of rotatable bonds is 4. The van der Waals surface area contributed by atoms with Crippen LogP contribution in [0.15, 0.2) is 54.6 Å². The fourth-order valence-corrected chi connectivity index (χ4v) is 3.44. The Morgan fingerprint density at radius 2 is 1.93 bits per heavy atom. The topological polar surface area (TPSA) is 58.1 Å². The van der Waals surface area contributed by atoms with E-state index in [1.165, 1.54) is 11.6 Å².